The zero-order valence-corrected chi connectivity index (χ0v) is 23.5. The van der Waals surface area contributed by atoms with Gasteiger partial charge in [0.05, 0.1) is 27.1 Å². The van der Waals surface area contributed by atoms with Gasteiger partial charge in [-0.25, -0.2) is 26.6 Å². The number of aromatic amines is 1. The molecule has 1 amide bonds. The van der Waals surface area contributed by atoms with E-state index >= 15 is 0 Å². The Kier molecular flexibility index (Phi) is 7.15. The van der Waals surface area contributed by atoms with Crippen LogP contribution in [0.5, 0.6) is 0 Å². The van der Waals surface area contributed by atoms with Crippen LogP contribution in [0, 0.1) is 29.3 Å². The highest BCUT2D eigenvalue weighted by molar-refractivity contribution is 7.92. The number of hydrogen-bond donors (Lipinski definition) is 3. The number of carbonyl (C=O) groups is 1. The number of carbonyl (C=O) groups excluding carboxylic acids is 1. The van der Waals surface area contributed by atoms with Crippen molar-refractivity contribution >= 4 is 33.0 Å². The third-order valence-electron chi connectivity index (χ3n) is 8.24. The molecule has 3 aromatic carbocycles. The van der Waals surface area contributed by atoms with E-state index in [1.165, 1.54) is 12.1 Å². The van der Waals surface area contributed by atoms with Crippen LogP contribution in [0.25, 0.3) is 11.3 Å². The molecule has 0 spiro atoms. The standard InChI is InChI=1S/C30H25ClF3N3O4S/c31-21-9-8-17(28(38)36-20-11-22(32)26(34)23(33)12-20)10-25(21)42(40,41)27-18-6-7-19(27)14-30(39,13-18)29-35-15-24(37-29)16-4-2-1-3-5-16/h1-5,8-12,15,18-19,27,39H,6-7,13-14H2,(H,35,37)(H,36,38)/t18-,19?,27?,30-/m0/s1. The van der Waals surface area contributed by atoms with Gasteiger partial charge >= 0.3 is 0 Å². The van der Waals surface area contributed by atoms with Gasteiger partial charge in [-0.05, 0) is 61.3 Å². The summed E-state index contributed by atoms with van der Waals surface area (Å²) >= 11 is 6.34. The first-order valence-corrected chi connectivity index (χ1v) is 15.2. The van der Waals surface area contributed by atoms with E-state index in [4.69, 9.17) is 11.6 Å². The fraction of sp³-hybridized carbons (Fsp3) is 0.267. The molecule has 4 atom stereocenters. The Hall–Kier alpha value is -3.67. The van der Waals surface area contributed by atoms with Gasteiger partial charge in [0, 0.05) is 23.4 Å². The van der Waals surface area contributed by atoms with E-state index in [2.05, 4.69) is 15.3 Å². The molecule has 3 N–H and O–H groups in total. The van der Waals surface area contributed by atoms with Crippen molar-refractivity contribution in [1.82, 2.24) is 9.97 Å². The molecule has 4 aromatic rings. The number of rotatable bonds is 6. The first kappa shape index (κ1) is 28.4. The second-order valence-electron chi connectivity index (χ2n) is 10.9. The molecule has 0 saturated heterocycles. The number of aromatic nitrogens is 2. The van der Waals surface area contributed by atoms with E-state index in [9.17, 15) is 31.5 Å². The Morgan fingerprint density at radius 1 is 1.00 bits per heavy atom. The summed E-state index contributed by atoms with van der Waals surface area (Å²) < 4.78 is 68.5. The molecule has 2 fully saturated rings. The minimum absolute atomic E-state index is 0.0795. The number of benzene rings is 3. The molecule has 12 heteroatoms. The van der Waals surface area contributed by atoms with E-state index in [-0.39, 0.29) is 45.8 Å². The number of amides is 1. The molecule has 7 nitrogen and oxygen atoms in total. The molecular weight excluding hydrogens is 591 g/mol. The molecule has 218 valence electrons. The third-order valence-corrected chi connectivity index (χ3v) is 11.1. The van der Waals surface area contributed by atoms with Crippen molar-refractivity contribution < 1.29 is 31.5 Å². The minimum Gasteiger partial charge on any atom is -0.382 e. The van der Waals surface area contributed by atoms with E-state index < -0.39 is 44.0 Å². The summed E-state index contributed by atoms with van der Waals surface area (Å²) in [4.78, 5) is 20.2. The van der Waals surface area contributed by atoms with Gasteiger partial charge in [0.2, 0.25) is 0 Å². The fourth-order valence-corrected chi connectivity index (χ4v) is 9.23. The highest BCUT2D eigenvalue weighted by Crippen LogP contribution is 2.54. The van der Waals surface area contributed by atoms with Crippen molar-refractivity contribution in [2.45, 2.75) is 41.4 Å². The van der Waals surface area contributed by atoms with Crippen LogP contribution in [0.2, 0.25) is 5.02 Å². The van der Waals surface area contributed by atoms with Crippen LogP contribution in [0.1, 0.15) is 41.9 Å². The van der Waals surface area contributed by atoms with Crippen LogP contribution in [-0.4, -0.2) is 34.6 Å². The number of sulfone groups is 1. The van der Waals surface area contributed by atoms with E-state index in [1.807, 2.05) is 30.3 Å². The molecule has 6 rings (SSSR count). The summed E-state index contributed by atoms with van der Waals surface area (Å²) in [5.41, 5.74) is -0.141. The Morgan fingerprint density at radius 3 is 2.29 bits per heavy atom. The highest BCUT2D eigenvalue weighted by Gasteiger charge is 2.55. The van der Waals surface area contributed by atoms with E-state index in [0.29, 0.717) is 30.8 Å². The summed E-state index contributed by atoms with van der Waals surface area (Å²) in [5.74, 6) is -5.89. The summed E-state index contributed by atoms with van der Waals surface area (Å²) in [5, 5.41) is 13.0. The Labute approximate surface area is 244 Å². The molecule has 2 saturated carbocycles. The lowest BCUT2D eigenvalue weighted by molar-refractivity contribution is -0.0309. The molecule has 2 aliphatic rings. The largest absolute Gasteiger partial charge is 0.382 e. The molecule has 42 heavy (non-hydrogen) atoms. The smallest absolute Gasteiger partial charge is 0.255 e. The fourth-order valence-electron chi connectivity index (χ4n) is 6.39. The molecule has 0 radical (unpaired) electrons. The van der Waals surface area contributed by atoms with Crippen molar-refractivity contribution in [3.63, 3.8) is 0 Å². The molecule has 1 heterocycles. The number of nitrogens with zero attached hydrogens (tertiary/aromatic N) is 1. The van der Waals surface area contributed by atoms with Gasteiger partial charge in [0.15, 0.2) is 27.3 Å². The van der Waals surface area contributed by atoms with E-state index in [1.54, 1.807) is 6.20 Å². The van der Waals surface area contributed by atoms with Crippen molar-refractivity contribution in [2.75, 3.05) is 5.32 Å². The second-order valence-corrected chi connectivity index (χ2v) is 13.4. The van der Waals surface area contributed by atoms with Gasteiger partial charge in [-0.2, -0.15) is 0 Å². The maximum Gasteiger partial charge on any atom is 0.255 e. The number of fused-ring (bicyclic) bond motifs is 2. The van der Waals surface area contributed by atoms with Crippen LogP contribution >= 0.6 is 11.6 Å². The van der Waals surface area contributed by atoms with Gasteiger partial charge in [-0.15, -0.1) is 0 Å². The monoisotopic (exact) mass is 615 g/mol. The Bertz CT molecular complexity index is 1760. The summed E-state index contributed by atoms with van der Waals surface area (Å²) in [6.45, 7) is 0. The van der Waals surface area contributed by atoms with Gasteiger partial charge in [0.1, 0.15) is 11.4 Å². The third kappa shape index (κ3) is 4.99. The van der Waals surface area contributed by atoms with Crippen LogP contribution in [-0.2, 0) is 15.4 Å². The molecule has 1 aromatic heterocycles. The maximum absolute atomic E-state index is 14.0. The molecule has 2 aliphatic carbocycles. The lowest BCUT2D eigenvalue weighted by Gasteiger charge is -2.39. The number of H-pyrrole nitrogens is 1. The molecule has 0 aliphatic heterocycles. The summed E-state index contributed by atoms with van der Waals surface area (Å²) in [6, 6.07) is 14.4. The lowest BCUT2D eigenvalue weighted by Crippen LogP contribution is -2.45. The first-order chi connectivity index (χ1) is 20.0. The van der Waals surface area contributed by atoms with Crippen LogP contribution in [0.3, 0.4) is 0 Å². The minimum atomic E-state index is -4.07. The van der Waals surface area contributed by atoms with Crippen molar-refractivity contribution in [1.29, 1.82) is 0 Å². The van der Waals surface area contributed by atoms with Crippen LogP contribution < -0.4 is 5.32 Å². The topological polar surface area (TPSA) is 112 Å². The van der Waals surface area contributed by atoms with Gasteiger partial charge < -0.3 is 15.4 Å². The predicted molar refractivity (Wildman–Crippen MR) is 150 cm³/mol. The van der Waals surface area contributed by atoms with Gasteiger partial charge in [-0.1, -0.05) is 41.9 Å². The SMILES string of the molecule is O=C(Nc1cc(F)c(F)c(F)c1)c1ccc(Cl)c(S(=O)(=O)C2C3CC[C@H]2C[C@@](O)(c2ncc(-c4ccccc4)[nH]2)C3)c1. The quantitative estimate of drug-likeness (QED) is 0.222. The van der Waals surface area contributed by atoms with Gasteiger partial charge in [-0.3, -0.25) is 4.79 Å². The second kappa shape index (κ2) is 10.6. The molecule has 2 bridgehead atoms. The van der Waals surface area contributed by atoms with Crippen molar-refractivity contribution in [3.05, 3.63) is 101 Å². The zero-order valence-electron chi connectivity index (χ0n) is 22.0. The number of halogens is 4. The number of anilines is 1. The number of hydrogen-bond acceptors (Lipinski definition) is 5. The van der Waals surface area contributed by atoms with Gasteiger partial charge in [0.25, 0.3) is 5.91 Å². The number of aliphatic hydroxyl groups is 1. The highest BCUT2D eigenvalue weighted by atomic mass is 35.5. The number of nitrogens with one attached hydrogen (secondary N) is 2. The van der Waals surface area contributed by atoms with Crippen molar-refractivity contribution in [3.8, 4) is 11.3 Å². The Morgan fingerprint density at radius 2 is 1.64 bits per heavy atom. The lowest BCUT2D eigenvalue weighted by atomic mass is 9.76. The predicted octanol–water partition coefficient (Wildman–Crippen LogP) is 6.25. The molecule has 2 unspecified atom stereocenters. The first-order valence-electron chi connectivity index (χ1n) is 13.3. The van der Waals surface area contributed by atoms with Crippen LogP contribution in [0.4, 0.5) is 18.9 Å². The zero-order chi connectivity index (χ0) is 29.8. The van der Waals surface area contributed by atoms with E-state index in [0.717, 1.165) is 17.3 Å². The number of imidazole rings is 1. The summed E-state index contributed by atoms with van der Waals surface area (Å²) in [7, 11) is -4.07. The normalized spacial score (nSPS) is 23.6. The Balaban J connectivity index is 1.25. The van der Waals surface area contributed by atoms with Crippen LogP contribution in [0.15, 0.2) is 71.8 Å². The average molecular weight is 616 g/mol. The maximum atomic E-state index is 14.0. The summed E-state index contributed by atoms with van der Waals surface area (Å²) in [6.07, 6.45) is 3.17. The van der Waals surface area contributed by atoms with Crippen molar-refractivity contribution in [2.24, 2.45) is 11.8 Å². The molecular formula is C30H25ClF3N3O4S. The average Bonchev–Trinajstić information content (AvgIpc) is 3.57.